The Hall–Kier alpha value is -1.72. The van der Waals surface area contributed by atoms with Gasteiger partial charge in [0.1, 0.15) is 11.8 Å². The number of aromatic nitrogens is 4. The Balaban J connectivity index is 2.97. The highest BCUT2D eigenvalue weighted by atomic mass is 19.1. The van der Waals surface area contributed by atoms with Crippen molar-refractivity contribution in [3.8, 4) is 0 Å². The van der Waals surface area contributed by atoms with Crippen molar-refractivity contribution in [3.63, 3.8) is 0 Å². The highest BCUT2D eigenvalue weighted by molar-refractivity contribution is 5.68. The molecule has 0 saturated carbocycles. The lowest BCUT2D eigenvalue weighted by Gasteiger charge is -1.93. The van der Waals surface area contributed by atoms with Gasteiger partial charge >= 0.3 is 0 Å². The topological polar surface area (TPSA) is 69.1 Å². The molecule has 12 heavy (non-hydrogen) atoms. The number of hydrogen-bond acceptors (Lipinski definition) is 4. The van der Waals surface area contributed by atoms with Crippen LogP contribution in [0.2, 0.25) is 0 Å². The molecule has 62 valence electrons. The average Bonchev–Trinajstić information content (AvgIpc) is 2.29. The molecule has 2 N–H and O–H groups in total. The van der Waals surface area contributed by atoms with Gasteiger partial charge in [0.05, 0.1) is 0 Å². The van der Waals surface area contributed by atoms with E-state index in [2.05, 4.69) is 15.2 Å². The van der Waals surface area contributed by atoms with E-state index in [9.17, 15) is 4.39 Å². The van der Waals surface area contributed by atoms with Crippen molar-refractivity contribution in [2.75, 3.05) is 5.73 Å². The molecule has 0 aliphatic rings. The number of fused-ring (bicyclic) bond motifs is 1. The fourth-order valence-corrected chi connectivity index (χ4v) is 1.03. The van der Waals surface area contributed by atoms with E-state index in [-0.39, 0.29) is 5.82 Å². The van der Waals surface area contributed by atoms with E-state index < -0.39 is 5.95 Å². The van der Waals surface area contributed by atoms with E-state index in [4.69, 9.17) is 5.73 Å². The van der Waals surface area contributed by atoms with E-state index in [0.717, 1.165) is 4.63 Å². The zero-order chi connectivity index (χ0) is 8.72. The molecule has 2 heterocycles. The van der Waals surface area contributed by atoms with Gasteiger partial charge in [-0.25, -0.2) is 4.98 Å². The zero-order valence-electron chi connectivity index (χ0n) is 6.32. The van der Waals surface area contributed by atoms with Crippen LogP contribution in [0.1, 0.15) is 5.56 Å². The number of rotatable bonds is 0. The summed E-state index contributed by atoms with van der Waals surface area (Å²) < 4.78 is 14.0. The Labute approximate surface area is 67.0 Å². The van der Waals surface area contributed by atoms with Gasteiger partial charge in [0.15, 0.2) is 5.82 Å². The van der Waals surface area contributed by atoms with Gasteiger partial charge in [-0.1, -0.05) is 0 Å². The fraction of sp³-hybridized carbons (Fsp3) is 0.167. The zero-order valence-corrected chi connectivity index (χ0v) is 6.32. The van der Waals surface area contributed by atoms with Crippen molar-refractivity contribution in [2.45, 2.75) is 6.92 Å². The minimum absolute atomic E-state index is 0.235. The maximum atomic E-state index is 12.9. The Morgan fingerprint density at radius 3 is 3.00 bits per heavy atom. The van der Waals surface area contributed by atoms with E-state index >= 15 is 0 Å². The Kier molecular flexibility index (Phi) is 1.24. The van der Waals surface area contributed by atoms with Crippen molar-refractivity contribution in [1.29, 1.82) is 0 Å². The van der Waals surface area contributed by atoms with Crippen LogP contribution in [-0.2, 0) is 0 Å². The molecule has 0 unspecified atom stereocenters. The standard InChI is InChI=1S/C6H6FN5/c1-3-4-6(8)9-2-10-12(4)11-5(3)7/h2H,1H3,(H2,8,9,10). The smallest absolute Gasteiger partial charge is 0.238 e. The molecule has 0 aromatic carbocycles. The lowest BCUT2D eigenvalue weighted by atomic mass is 10.3. The summed E-state index contributed by atoms with van der Waals surface area (Å²) in [4.78, 5) is 3.72. The molecule has 0 aliphatic heterocycles. The number of aryl methyl sites for hydroxylation is 1. The minimum atomic E-state index is -0.567. The first-order valence-corrected chi connectivity index (χ1v) is 3.31. The molecule has 0 fully saturated rings. The fourth-order valence-electron chi connectivity index (χ4n) is 1.03. The number of nitrogens with two attached hydrogens (primary N) is 1. The molecule has 0 amide bonds. The van der Waals surface area contributed by atoms with E-state index in [0.29, 0.717) is 11.1 Å². The molecule has 2 aromatic heterocycles. The molecule has 0 spiro atoms. The number of halogens is 1. The number of anilines is 1. The average molecular weight is 167 g/mol. The van der Waals surface area contributed by atoms with Crippen LogP contribution in [0.25, 0.3) is 5.52 Å². The minimum Gasteiger partial charge on any atom is -0.382 e. The lowest BCUT2D eigenvalue weighted by molar-refractivity contribution is 0.553. The molecule has 5 nitrogen and oxygen atoms in total. The summed E-state index contributed by atoms with van der Waals surface area (Å²) in [7, 11) is 0. The Morgan fingerprint density at radius 1 is 1.58 bits per heavy atom. The summed E-state index contributed by atoms with van der Waals surface area (Å²) in [5, 5.41) is 7.19. The third-order valence-corrected chi connectivity index (χ3v) is 1.65. The lowest BCUT2D eigenvalue weighted by Crippen LogP contribution is -2.00. The van der Waals surface area contributed by atoms with Crippen molar-refractivity contribution < 1.29 is 4.39 Å². The second kappa shape index (κ2) is 2.13. The van der Waals surface area contributed by atoms with Crippen LogP contribution in [0, 0.1) is 12.9 Å². The van der Waals surface area contributed by atoms with Gasteiger partial charge < -0.3 is 5.73 Å². The van der Waals surface area contributed by atoms with Gasteiger partial charge in [-0.3, -0.25) is 0 Å². The first-order chi connectivity index (χ1) is 5.70. The van der Waals surface area contributed by atoms with Gasteiger partial charge in [0.25, 0.3) is 0 Å². The summed E-state index contributed by atoms with van der Waals surface area (Å²) >= 11 is 0. The normalized spacial score (nSPS) is 10.8. The predicted molar refractivity (Wildman–Crippen MR) is 39.9 cm³/mol. The first-order valence-electron chi connectivity index (χ1n) is 3.31. The number of hydrogen-bond donors (Lipinski definition) is 1. The molecule has 0 bridgehead atoms. The molecule has 0 saturated heterocycles. The monoisotopic (exact) mass is 167 g/mol. The van der Waals surface area contributed by atoms with Gasteiger partial charge in [0, 0.05) is 5.56 Å². The highest BCUT2D eigenvalue weighted by Gasteiger charge is 2.11. The molecule has 0 aliphatic carbocycles. The maximum Gasteiger partial charge on any atom is 0.238 e. The number of nitrogen functional groups attached to an aromatic ring is 1. The van der Waals surface area contributed by atoms with E-state index in [1.165, 1.54) is 6.33 Å². The second-order valence-corrected chi connectivity index (χ2v) is 2.40. The Morgan fingerprint density at radius 2 is 2.33 bits per heavy atom. The van der Waals surface area contributed by atoms with Gasteiger partial charge in [0.2, 0.25) is 5.95 Å². The molecule has 2 rings (SSSR count). The molecular formula is C6H6FN5. The molecule has 0 atom stereocenters. The molecule has 2 aromatic rings. The van der Waals surface area contributed by atoms with Crippen LogP contribution in [0.5, 0.6) is 0 Å². The van der Waals surface area contributed by atoms with Crippen LogP contribution in [0.15, 0.2) is 6.33 Å². The predicted octanol–water partition coefficient (Wildman–Crippen LogP) is 0.154. The van der Waals surface area contributed by atoms with Crippen molar-refractivity contribution in [1.82, 2.24) is 19.8 Å². The van der Waals surface area contributed by atoms with Crippen molar-refractivity contribution in [3.05, 3.63) is 17.8 Å². The van der Waals surface area contributed by atoms with Gasteiger partial charge in [-0.15, -0.1) is 14.8 Å². The van der Waals surface area contributed by atoms with Gasteiger partial charge in [-0.05, 0) is 6.92 Å². The third-order valence-electron chi connectivity index (χ3n) is 1.65. The maximum absolute atomic E-state index is 12.9. The first kappa shape index (κ1) is 6.96. The highest BCUT2D eigenvalue weighted by Crippen LogP contribution is 2.15. The SMILES string of the molecule is Cc1c(F)nn2ncnc(N)c12. The third kappa shape index (κ3) is 0.744. The summed E-state index contributed by atoms with van der Waals surface area (Å²) in [6.07, 6.45) is 1.23. The van der Waals surface area contributed by atoms with Crippen LogP contribution in [-0.4, -0.2) is 19.8 Å². The van der Waals surface area contributed by atoms with Gasteiger partial charge in [-0.2, -0.15) is 4.39 Å². The van der Waals surface area contributed by atoms with Crippen LogP contribution < -0.4 is 5.73 Å². The van der Waals surface area contributed by atoms with E-state index in [1.807, 2.05) is 0 Å². The molecule has 6 heteroatoms. The largest absolute Gasteiger partial charge is 0.382 e. The summed E-state index contributed by atoms with van der Waals surface area (Å²) in [6.45, 7) is 1.58. The van der Waals surface area contributed by atoms with E-state index in [1.54, 1.807) is 6.92 Å². The quantitative estimate of drug-likeness (QED) is 0.606. The summed E-state index contributed by atoms with van der Waals surface area (Å²) in [5.41, 5.74) is 6.29. The summed E-state index contributed by atoms with van der Waals surface area (Å²) in [6, 6.07) is 0. The Bertz CT molecular complexity index is 435. The van der Waals surface area contributed by atoms with Crippen molar-refractivity contribution in [2.24, 2.45) is 0 Å². The van der Waals surface area contributed by atoms with Crippen molar-refractivity contribution >= 4 is 11.3 Å². The summed E-state index contributed by atoms with van der Waals surface area (Å²) in [5.74, 6) is -0.332. The molecule has 0 radical (unpaired) electrons. The van der Waals surface area contributed by atoms with Crippen LogP contribution >= 0.6 is 0 Å². The van der Waals surface area contributed by atoms with Crippen LogP contribution in [0.4, 0.5) is 10.2 Å². The second-order valence-electron chi connectivity index (χ2n) is 2.40. The number of nitrogens with zero attached hydrogens (tertiary/aromatic N) is 4. The molecular weight excluding hydrogens is 161 g/mol. The van der Waals surface area contributed by atoms with Crippen LogP contribution in [0.3, 0.4) is 0 Å².